The Morgan fingerprint density at radius 2 is 0.667 bits per heavy atom. The summed E-state index contributed by atoms with van der Waals surface area (Å²) >= 11 is 0. The van der Waals surface area contributed by atoms with E-state index >= 15 is 0 Å². The van der Waals surface area contributed by atoms with Crippen LogP contribution in [-0.2, 0) is 28.6 Å². The first-order valence-corrected chi connectivity index (χ1v) is 27.2. The molecule has 366 valence electrons. The van der Waals surface area contributed by atoms with Gasteiger partial charge in [-0.3, -0.25) is 14.4 Å². The van der Waals surface area contributed by atoms with E-state index in [9.17, 15) is 14.4 Å². The fourth-order valence-electron chi connectivity index (χ4n) is 7.77. The summed E-state index contributed by atoms with van der Waals surface area (Å²) < 4.78 is 16.8. The van der Waals surface area contributed by atoms with Crippen LogP contribution in [0.25, 0.3) is 0 Å². The van der Waals surface area contributed by atoms with E-state index in [1.807, 2.05) is 0 Å². The summed E-state index contributed by atoms with van der Waals surface area (Å²) in [6.07, 6.45) is 62.3. The molecular weight excluding hydrogens is 781 g/mol. The molecule has 0 amide bonds. The maximum atomic E-state index is 12.8. The van der Waals surface area contributed by atoms with Gasteiger partial charge in [0.25, 0.3) is 0 Å². The van der Waals surface area contributed by atoms with Crippen molar-refractivity contribution in [2.75, 3.05) is 13.2 Å². The normalized spacial score (nSPS) is 12.4. The monoisotopic (exact) mass is 883 g/mol. The summed E-state index contributed by atoms with van der Waals surface area (Å²) in [5.41, 5.74) is 0. The third kappa shape index (κ3) is 50.2. The van der Waals surface area contributed by atoms with Gasteiger partial charge in [0.05, 0.1) is 0 Å². The summed E-state index contributed by atoms with van der Waals surface area (Å²) in [4.78, 5) is 38.0. The molecule has 0 bridgehead atoms. The van der Waals surface area contributed by atoms with Crippen LogP contribution in [0.5, 0.6) is 0 Å². The van der Waals surface area contributed by atoms with Crippen molar-refractivity contribution < 1.29 is 28.6 Å². The van der Waals surface area contributed by atoms with Gasteiger partial charge in [0.2, 0.25) is 0 Å². The zero-order chi connectivity index (χ0) is 45.8. The Hall–Kier alpha value is -2.63. The second-order valence-corrected chi connectivity index (χ2v) is 18.1. The van der Waals surface area contributed by atoms with Crippen LogP contribution in [0.4, 0.5) is 0 Å². The quantitative estimate of drug-likeness (QED) is 0.0199. The van der Waals surface area contributed by atoms with E-state index in [1.54, 1.807) is 0 Å². The SMILES string of the molecule is CC/C=C\C/C=C\CCCCCCCCCC(=O)OCC(COC(=O)CCCCCCCCCCCCCCCCCC)OC(=O)CCCCCCCC/C=C\C=C/CCCCC. The van der Waals surface area contributed by atoms with Crippen molar-refractivity contribution in [3.05, 3.63) is 48.6 Å². The molecule has 0 saturated carbocycles. The molecule has 0 aliphatic carbocycles. The van der Waals surface area contributed by atoms with Crippen LogP contribution in [0, 0.1) is 0 Å². The Bertz CT molecular complexity index is 1110. The summed E-state index contributed by atoms with van der Waals surface area (Å²) in [6, 6.07) is 0. The molecule has 6 heteroatoms. The fourth-order valence-corrected chi connectivity index (χ4v) is 7.77. The molecule has 0 radical (unpaired) electrons. The second kappa shape index (κ2) is 52.0. The zero-order valence-electron chi connectivity index (χ0n) is 41.8. The van der Waals surface area contributed by atoms with E-state index in [1.165, 1.54) is 154 Å². The van der Waals surface area contributed by atoms with Crippen LogP contribution < -0.4 is 0 Å². The molecule has 0 aromatic carbocycles. The zero-order valence-corrected chi connectivity index (χ0v) is 41.8. The van der Waals surface area contributed by atoms with Crippen LogP contribution in [0.3, 0.4) is 0 Å². The van der Waals surface area contributed by atoms with Crippen molar-refractivity contribution in [2.45, 2.75) is 284 Å². The van der Waals surface area contributed by atoms with Gasteiger partial charge in [0.1, 0.15) is 13.2 Å². The summed E-state index contributed by atoms with van der Waals surface area (Å²) in [5.74, 6) is -0.887. The number of esters is 3. The average Bonchev–Trinajstić information content (AvgIpc) is 3.28. The Labute approximate surface area is 390 Å². The van der Waals surface area contributed by atoms with Gasteiger partial charge in [0, 0.05) is 19.3 Å². The molecule has 0 aromatic rings. The van der Waals surface area contributed by atoms with Crippen LogP contribution in [-0.4, -0.2) is 37.2 Å². The predicted molar refractivity (Wildman–Crippen MR) is 270 cm³/mol. The Balaban J connectivity index is 4.37. The second-order valence-electron chi connectivity index (χ2n) is 18.1. The van der Waals surface area contributed by atoms with Crippen molar-refractivity contribution in [1.82, 2.24) is 0 Å². The average molecular weight is 883 g/mol. The lowest BCUT2D eigenvalue weighted by atomic mass is 10.0. The van der Waals surface area contributed by atoms with Crippen LogP contribution in [0.2, 0.25) is 0 Å². The number of carbonyl (C=O) groups is 3. The molecule has 0 saturated heterocycles. The van der Waals surface area contributed by atoms with Gasteiger partial charge in [-0.25, -0.2) is 0 Å². The number of allylic oxidation sites excluding steroid dienone is 8. The minimum absolute atomic E-state index is 0.0779. The van der Waals surface area contributed by atoms with E-state index in [-0.39, 0.29) is 31.1 Å². The molecule has 63 heavy (non-hydrogen) atoms. The predicted octanol–water partition coefficient (Wildman–Crippen LogP) is 17.9. The third-order valence-electron chi connectivity index (χ3n) is 11.8. The molecule has 1 unspecified atom stereocenters. The van der Waals surface area contributed by atoms with Crippen molar-refractivity contribution in [3.8, 4) is 0 Å². The first kappa shape index (κ1) is 60.4. The van der Waals surface area contributed by atoms with Crippen LogP contribution in [0.1, 0.15) is 278 Å². The minimum atomic E-state index is -0.780. The third-order valence-corrected chi connectivity index (χ3v) is 11.8. The Morgan fingerprint density at radius 3 is 1.08 bits per heavy atom. The Morgan fingerprint density at radius 1 is 0.349 bits per heavy atom. The van der Waals surface area contributed by atoms with Gasteiger partial charge in [-0.05, 0) is 70.6 Å². The number of ether oxygens (including phenoxy) is 3. The maximum absolute atomic E-state index is 12.8. The van der Waals surface area contributed by atoms with E-state index in [2.05, 4.69) is 69.4 Å². The molecule has 0 aliphatic heterocycles. The lowest BCUT2D eigenvalue weighted by molar-refractivity contribution is -0.167. The molecule has 0 rings (SSSR count). The minimum Gasteiger partial charge on any atom is -0.462 e. The number of rotatable bonds is 49. The summed E-state index contributed by atoms with van der Waals surface area (Å²) in [5, 5.41) is 0. The Kier molecular flexibility index (Phi) is 49.8. The number of hydrogen-bond donors (Lipinski definition) is 0. The highest BCUT2D eigenvalue weighted by Gasteiger charge is 2.19. The molecular formula is C57H102O6. The first-order valence-electron chi connectivity index (χ1n) is 27.2. The highest BCUT2D eigenvalue weighted by atomic mass is 16.6. The number of unbranched alkanes of at least 4 members (excludes halogenated alkanes) is 31. The van der Waals surface area contributed by atoms with Crippen molar-refractivity contribution >= 4 is 17.9 Å². The van der Waals surface area contributed by atoms with Gasteiger partial charge >= 0.3 is 17.9 Å². The number of carbonyl (C=O) groups excluding carboxylic acids is 3. The molecule has 0 aliphatic rings. The molecule has 0 aromatic heterocycles. The van der Waals surface area contributed by atoms with Gasteiger partial charge in [-0.1, -0.05) is 236 Å². The van der Waals surface area contributed by atoms with E-state index in [0.29, 0.717) is 19.3 Å². The number of hydrogen-bond acceptors (Lipinski definition) is 6. The first-order chi connectivity index (χ1) is 31.0. The molecule has 0 fully saturated rings. The van der Waals surface area contributed by atoms with Crippen LogP contribution >= 0.6 is 0 Å². The van der Waals surface area contributed by atoms with E-state index < -0.39 is 6.10 Å². The lowest BCUT2D eigenvalue weighted by Crippen LogP contribution is -2.30. The molecule has 6 nitrogen and oxygen atoms in total. The van der Waals surface area contributed by atoms with Gasteiger partial charge in [0.15, 0.2) is 6.10 Å². The summed E-state index contributed by atoms with van der Waals surface area (Å²) in [7, 11) is 0. The highest BCUT2D eigenvalue weighted by Crippen LogP contribution is 2.16. The standard InChI is InChI=1S/C57H102O6/c1-4-7-10-13-16-19-22-25-28-30-32-35-38-41-44-47-50-56(59)62-53-54(52-61-55(58)49-46-43-40-37-34-31-27-24-21-18-15-12-9-6-3)63-57(60)51-48-45-42-39-36-33-29-26-23-20-17-14-11-8-5-2/h9,12,17-18,20-21,23,26,54H,4-8,10-11,13-16,19,22,24-25,27-53H2,1-3H3/b12-9-,20-17-,21-18-,26-23-. The van der Waals surface area contributed by atoms with Crippen LogP contribution in [0.15, 0.2) is 48.6 Å². The van der Waals surface area contributed by atoms with Gasteiger partial charge in [-0.15, -0.1) is 0 Å². The maximum Gasteiger partial charge on any atom is 0.306 e. The molecule has 1 atom stereocenters. The summed E-state index contributed by atoms with van der Waals surface area (Å²) in [6.45, 7) is 6.51. The van der Waals surface area contributed by atoms with Gasteiger partial charge in [-0.2, -0.15) is 0 Å². The van der Waals surface area contributed by atoms with E-state index in [0.717, 1.165) is 83.5 Å². The fraction of sp³-hybridized carbons (Fsp3) is 0.807. The van der Waals surface area contributed by atoms with Gasteiger partial charge < -0.3 is 14.2 Å². The topological polar surface area (TPSA) is 78.9 Å². The van der Waals surface area contributed by atoms with Crippen molar-refractivity contribution in [2.24, 2.45) is 0 Å². The van der Waals surface area contributed by atoms with Crippen molar-refractivity contribution in [3.63, 3.8) is 0 Å². The molecule has 0 spiro atoms. The molecule has 0 heterocycles. The largest absolute Gasteiger partial charge is 0.462 e. The van der Waals surface area contributed by atoms with E-state index in [4.69, 9.17) is 14.2 Å². The smallest absolute Gasteiger partial charge is 0.306 e. The lowest BCUT2D eigenvalue weighted by Gasteiger charge is -2.18. The molecule has 0 N–H and O–H groups in total. The highest BCUT2D eigenvalue weighted by molar-refractivity contribution is 5.71. The van der Waals surface area contributed by atoms with Crippen molar-refractivity contribution in [1.29, 1.82) is 0 Å².